The minimum atomic E-state index is -3.73. The highest BCUT2D eigenvalue weighted by molar-refractivity contribution is 7.92. The van der Waals surface area contributed by atoms with Crippen molar-refractivity contribution in [3.63, 3.8) is 0 Å². The van der Waals surface area contributed by atoms with E-state index in [0.717, 1.165) is 17.7 Å². The van der Waals surface area contributed by atoms with Gasteiger partial charge in [-0.15, -0.1) is 0 Å². The first-order valence-corrected chi connectivity index (χ1v) is 10.6. The van der Waals surface area contributed by atoms with Crippen LogP contribution in [0.5, 0.6) is 5.75 Å². The van der Waals surface area contributed by atoms with Gasteiger partial charge in [0, 0.05) is 23.5 Å². The molecule has 4 rings (SSSR count). The number of hydrogen-bond acceptors (Lipinski definition) is 4. The summed E-state index contributed by atoms with van der Waals surface area (Å²) in [5.74, 6) is 0.481. The molecule has 0 fully saturated rings. The summed E-state index contributed by atoms with van der Waals surface area (Å²) in [6.07, 6.45) is 0.835. The lowest BCUT2D eigenvalue weighted by Crippen LogP contribution is -2.28. The van der Waals surface area contributed by atoms with Crippen molar-refractivity contribution in [1.29, 1.82) is 0 Å². The Morgan fingerprint density at radius 2 is 1.66 bits per heavy atom. The highest BCUT2D eigenvalue weighted by Crippen LogP contribution is 2.29. The van der Waals surface area contributed by atoms with E-state index in [1.807, 2.05) is 24.3 Å². The van der Waals surface area contributed by atoms with Crippen LogP contribution in [-0.2, 0) is 16.4 Å². The number of benzene rings is 3. The van der Waals surface area contributed by atoms with E-state index < -0.39 is 10.0 Å². The standard InChI is InChI=1S/C22H20N2O4S/c1-28-19-10-12-20(13-11-19)29(26,27)23-18-8-6-17(7-9-18)22(25)24-15-14-16-4-2-3-5-21(16)24/h2-13,23H,14-15H2,1H3. The second kappa shape index (κ2) is 7.60. The first-order chi connectivity index (χ1) is 14.0. The van der Waals surface area contributed by atoms with Crippen LogP contribution in [0.4, 0.5) is 11.4 Å². The van der Waals surface area contributed by atoms with E-state index in [4.69, 9.17) is 4.74 Å². The molecule has 1 heterocycles. The predicted molar refractivity (Wildman–Crippen MR) is 112 cm³/mol. The number of fused-ring (bicyclic) bond motifs is 1. The molecule has 1 aliphatic rings. The summed E-state index contributed by atoms with van der Waals surface area (Å²) in [4.78, 5) is 14.8. The Labute approximate surface area is 169 Å². The third-order valence-electron chi connectivity index (χ3n) is 4.89. The average Bonchev–Trinajstić information content (AvgIpc) is 3.18. The summed E-state index contributed by atoms with van der Waals surface area (Å²) in [5.41, 5.74) is 2.99. The van der Waals surface area contributed by atoms with Crippen molar-refractivity contribution >= 4 is 27.3 Å². The van der Waals surface area contributed by atoms with Gasteiger partial charge in [-0.25, -0.2) is 8.42 Å². The fourth-order valence-electron chi connectivity index (χ4n) is 3.35. The number of rotatable bonds is 5. The third kappa shape index (κ3) is 3.82. The number of amides is 1. The molecule has 0 bridgehead atoms. The molecule has 3 aromatic rings. The number of ether oxygens (including phenoxy) is 1. The molecule has 6 nitrogen and oxygen atoms in total. The van der Waals surface area contributed by atoms with Crippen LogP contribution in [-0.4, -0.2) is 28.0 Å². The number of carbonyl (C=O) groups is 1. The third-order valence-corrected chi connectivity index (χ3v) is 6.28. The Morgan fingerprint density at radius 1 is 0.966 bits per heavy atom. The summed E-state index contributed by atoms with van der Waals surface area (Å²) < 4.78 is 32.7. The summed E-state index contributed by atoms with van der Waals surface area (Å²) in [6, 6.07) is 20.4. The van der Waals surface area contributed by atoms with Gasteiger partial charge in [-0.1, -0.05) is 18.2 Å². The van der Waals surface area contributed by atoms with Gasteiger partial charge in [0.25, 0.3) is 15.9 Å². The van der Waals surface area contributed by atoms with Gasteiger partial charge >= 0.3 is 0 Å². The maximum atomic E-state index is 12.9. The van der Waals surface area contributed by atoms with Gasteiger partial charge in [0.1, 0.15) is 5.75 Å². The average molecular weight is 408 g/mol. The fourth-order valence-corrected chi connectivity index (χ4v) is 4.41. The molecule has 1 amide bonds. The lowest BCUT2D eigenvalue weighted by Gasteiger charge is -2.17. The zero-order valence-electron chi connectivity index (χ0n) is 15.8. The van der Waals surface area contributed by atoms with Gasteiger partial charge in [-0.05, 0) is 66.6 Å². The van der Waals surface area contributed by atoms with E-state index in [9.17, 15) is 13.2 Å². The molecule has 0 aliphatic carbocycles. The van der Waals surface area contributed by atoms with Crippen LogP contribution in [0.25, 0.3) is 0 Å². The Hall–Kier alpha value is -3.32. The molecule has 0 radical (unpaired) electrons. The summed E-state index contributed by atoms with van der Waals surface area (Å²) in [7, 11) is -2.21. The Balaban J connectivity index is 1.50. The lowest BCUT2D eigenvalue weighted by atomic mass is 10.1. The van der Waals surface area contributed by atoms with E-state index in [-0.39, 0.29) is 10.8 Å². The van der Waals surface area contributed by atoms with E-state index in [1.54, 1.807) is 41.3 Å². The van der Waals surface area contributed by atoms with E-state index in [1.165, 1.54) is 19.2 Å². The van der Waals surface area contributed by atoms with E-state index >= 15 is 0 Å². The highest BCUT2D eigenvalue weighted by atomic mass is 32.2. The molecule has 7 heteroatoms. The largest absolute Gasteiger partial charge is 0.497 e. The number of hydrogen-bond donors (Lipinski definition) is 1. The molecule has 148 valence electrons. The van der Waals surface area contributed by atoms with Crippen molar-refractivity contribution in [1.82, 2.24) is 0 Å². The van der Waals surface area contributed by atoms with Crippen LogP contribution < -0.4 is 14.4 Å². The minimum absolute atomic E-state index is 0.0977. The molecule has 0 aromatic heterocycles. The van der Waals surface area contributed by atoms with Crippen LogP contribution >= 0.6 is 0 Å². The summed E-state index contributed by atoms with van der Waals surface area (Å²) in [5, 5.41) is 0. The molecule has 0 saturated heterocycles. The predicted octanol–water partition coefficient (Wildman–Crippen LogP) is 3.70. The van der Waals surface area contributed by atoms with Crippen molar-refractivity contribution in [2.45, 2.75) is 11.3 Å². The Bertz CT molecular complexity index is 1140. The van der Waals surface area contributed by atoms with Crippen molar-refractivity contribution < 1.29 is 17.9 Å². The SMILES string of the molecule is COc1ccc(S(=O)(=O)Nc2ccc(C(=O)N3CCc4ccccc43)cc2)cc1. The van der Waals surface area contributed by atoms with Crippen LogP contribution in [0.2, 0.25) is 0 Å². The van der Waals surface area contributed by atoms with Gasteiger partial charge in [0.05, 0.1) is 12.0 Å². The van der Waals surface area contributed by atoms with Crippen LogP contribution in [0, 0.1) is 0 Å². The number of nitrogens with one attached hydrogen (secondary N) is 1. The second-order valence-electron chi connectivity index (χ2n) is 6.69. The van der Waals surface area contributed by atoms with Crippen LogP contribution in [0.15, 0.2) is 77.7 Å². The molecule has 29 heavy (non-hydrogen) atoms. The molecular formula is C22H20N2O4S. The van der Waals surface area contributed by atoms with Crippen LogP contribution in [0.3, 0.4) is 0 Å². The molecule has 1 aliphatic heterocycles. The molecule has 0 spiro atoms. The zero-order chi connectivity index (χ0) is 20.4. The second-order valence-corrected chi connectivity index (χ2v) is 8.38. The van der Waals surface area contributed by atoms with Gasteiger partial charge in [0.15, 0.2) is 0 Å². The van der Waals surface area contributed by atoms with Gasteiger partial charge < -0.3 is 9.64 Å². The van der Waals surface area contributed by atoms with E-state index in [2.05, 4.69) is 4.72 Å². The van der Waals surface area contributed by atoms with Crippen molar-refractivity contribution in [3.05, 3.63) is 83.9 Å². The smallest absolute Gasteiger partial charge is 0.261 e. The minimum Gasteiger partial charge on any atom is -0.497 e. The monoisotopic (exact) mass is 408 g/mol. The quantitative estimate of drug-likeness (QED) is 0.699. The molecule has 0 saturated carbocycles. The first-order valence-electron chi connectivity index (χ1n) is 9.15. The van der Waals surface area contributed by atoms with E-state index in [0.29, 0.717) is 23.5 Å². The highest BCUT2D eigenvalue weighted by Gasteiger charge is 2.25. The number of para-hydroxylation sites is 1. The summed E-state index contributed by atoms with van der Waals surface area (Å²) in [6.45, 7) is 0.643. The molecule has 3 aromatic carbocycles. The van der Waals surface area contributed by atoms with Crippen molar-refractivity contribution in [2.75, 3.05) is 23.3 Å². The van der Waals surface area contributed by atoms with Gasteiger partial charge in [-0.2, -0.15) is 0 Å². The Morgan fingerprint density at radius 3 is 2.34 bits per heavy atom. The van der Waals surface area contributed by atoms with Crippen LogP contribution in [0.1, 0.15) is 15.9 Å². The molecule has 1 N–H and O–H groups in total. The Kier molecular flexibility index (Phi) is 4.98. The maximum Gasteiger partial charge on any atom is 0.261 e. The number of nitrogens with zero attached hydrogens (tertiary/aromatic N) is 1. The normalized spacial score (nSPS) is 13.1. The van der Waals surface area contributed by atoms with Crippen molar-refractivity contribution in [3.8, 4) is 5.75 Å². The zero-order valence-corrected chi connectivity index (χ0v) is 16.6. The number of carbonyl (C=O) groups excluding carboxylic acids is 1. The van der Waals surface area contributed by atoms with Gasteiger partial charge in [-0.3, -0.25) is 9.52 Å². The fraction of sp³-hybridized carbons (Fsp3) is 0.136. The number of sulfonamides is 1. The molecule has 0 atom stereocenters. The number of anilines is 2. The van der Waals surface area contributed by atoms with Crippen molar-refractivity contribution in [2.24, 2.45) is 0 Å². The number of methoxy groups -OCH3 is 1. The van der Waals surface area contributed by atoms with Gasteiger partial charge in [0.2, 0.25) is 0 Å². The maximum absolute atomic E-state index is 12.9. The molecular weight excluding hydrogens is 388 g/mol. The lowest BCUT2D eigenvalue weighted by molar-refractivity contribution is 0.0989. The molecule has 0 unspecified atom stereocenters. The summed E-state index contributed by atoms with van der Waals surface area (Å²) >= 11 is 0. The topological polar surface area (TPSA) is 75.7 Å². The first kappa shape index (κ1) is 19.0.